The summed E-state index contributed by atoms with van der Waals surface area (Å²) in [7, 11) is 0. The fraction of sp³-hybridized carbons (Fsp3) is 0.259. The number of alkyl halides is 3. The van der Waals surface area contributed by atoms with Crippen LogP contribution in [-0.2, 0) is 22.2 Å². The number of amides is 1. The number of ketones is 1. The van der Waals surface area contributed by atoms with Crippen LogP contribution in [0.5, 0.6) is 0 Å². The number of carbonyl (C=O) groups excluding carboxylic acids is 2. The van der Waals surface area contributed by atoms with Crippen molar-refractivity contribution in [2.24, 2.45) is 0 Å². The third kappa shape index (κ3) is 6.03. The van der Waals surface area contributed by atoms with Gasteiger partial charge in [0.05, 0.1) is 22.4 Å². The quantitative estimate of drug-likeness (QED) is 0.327. The first-order chi connectivity index (χ1) is 16.4. The Kier molecular flexibility index (Phi) is 7.90. The minimum atomic E-state index is -4.46. The van der Waals surface area contributed by atoms with Crippen LogP contribution in [0.15, 0.2) is 60.7 Å². The third-order valence-corrected chi connectivity index (χ3v) is 6.25. The van der Waals surface area contributed by atoms with E-state index in [2.05, 4.69) is 11.9 Å². The molecule has 1 aliphatic heterocycles. The molecule has 0 fully saturated rings. The molecule has 3 rings (SSSR count). The second-order valence-corrected chi connectivity index (χ2v) is 8.77. The van der Waals surface area contributed by atoms with Crippen molar-refractivity contribution in [3.63, 3.8) is 0 Å². The minimum absolute atomic E-state index is 0.0499. The average molecular weight is 502 g/mol. The minimum Gasteiger partial charge on any atom is -0.322 e. The molecule has 0 radical (unpaired) electrons. The van der Waals surface area contributed by atoms with E-state index in [1.54, 1.807) is 38.1 Å². The number of benzene rings is 2. The SMILES string of the molecule is C=C1C(c2ccc(C(F)(F)F)cc2)=C[C+](C)C(=O)NC1c1cc(CCC(=N)C(=O)CC)ccc1Cl. The fourth-order valence-corrected chi connectivity index (χ4v) is 4.05. The van der Waals surface area contributed by atoms with E-state index in [4.69, 9.17) is 17.0 Å². The Morgan fingerprint density at radius 1 is 1.20 bits per heavy atom. The Bertz CT molecular complexity index is 1200. The molecule has 182 valence electrons. The molecule has 8 heteroatoms. The van der Waals surface area contributed by atoms with Crippen LogP contribution in [0.3, 0.4) is 0 Å². The molecule has 1 atom stereocenters. The van der Waals surface area contributed by atoms with Crippen molar-refractivity contribution in [3.05, 3.63) is 93.9 Å². The molecule has 1 heterocycles. The molecule has 1 unspecified atom stereocenters. The molecule has 0 bridgehead atoms. The van der Waals surface area contributed by atoms with Crippen LogP contribution < -0.4 is 5.32 Å². The van der Waals surface area contributed by atoms with E-state index in [9.17, 15) is 22.8 Å². The molecule has 0 aliphatic carbocycles. The predicted molar refractivity (Wildman–Crippen MR) is 131 cm³/mol. The molecule has 35 heavy (non-hydrogen) atoms. The van der Waals surface area contributed by atoms with Gasteiger partial charge in [-0.1, -0.05) is 37.2 Å². The smallest absolute Gasteiger partial charge is 0.322 e. The van der Waals surface area contributed by atoms with Gasteiger partial charge in [-0.05, 0) is 54.3 Å². The van der Waals surface area contributed by atoms with Gasteiger partial charge in [0.1, 0.15) is 23.6 Å². The van der Waals surface area contributed by atoms with E-state index in [1.807, 2.05) is 0 Å². The Balaban J connectivity index is 1.95. The van der Waals surface area contributed by atoms with Gasteiger partial charge in [0.2, 0.25) is 0 Å². The number of hydrogen-bond donors (Lipinski definition) is 2. The normalized spacial score (nSPS) is 16.5. The van der Waals surface area contributed by atoms with Crippen molar-refractivity contribution in [2.75, 3.05) is 0 Å². The van der Waals surface area contributed by atoms with Crippen molar-refractivity contribution < 1.29 is 22.8 Å². The van der Waals surface area contributed by atoms with Gasteiger partial charge < -0.3 is 10.7 Å². The van der Waals surface area contributed by atoms with Gasteiger partial charge in [-0.2, -0.15) is 13.2 Å². The Hall–Kier alpha value is -3.32. The van der Waals surface area contributed by atoms with Gasteiger partial charge in [0.15, 0.2) is 5.78 Å². The van der Waals surface area contributed by atoms with Gasteiger partial charge in [0.25, 0.3) is 0 Å². The maximum Gasteiger partial charge on any atom is 0.416 e. The standard InChI is InChI=1S/C27H24ClF3N2O2/c1-4-24(34)23(32)12-6-17-5-11-22(28)21(14-17)25-16(3)20(13-15(2)26(35)33-25)18-7-9-19(10-8-18)27(29,30)31/h5,7-11,13-14,25,32H,3-4,6,12H2,1-2H3/p+1. The highest BCUT2D eigenvalue weighted by molar-refractivity contribution is 6.38. The number of Topliss-reactive ketones (excluding diaryl/α,β-unsaturated/α-hetero) is 1. The van der Waals surface area contributed by atoms with Gasteiger partial charge in [-0.3, -0.25) is 4.79 Å². The lowest BCUT2D eigenvalue weighted by molar-refractivity contribution is -0.137. The molecule has 0 spiro atoms. The van der Waals surface area contributed by atoms with Crippen molar-refractivity contribution in [2.45, 2.75) is 45.3 Å². The summed E-state index contributed by atoms with van der Waals surface area (Å²) in [6, 6.07) is 9.25. The fourth-order valence-electron chi connectivity index (χ4n) is 3.83. The molecule has 0 saturated heterocycles. The summed E-state index contributed by atoms with van der Waals surface area (Å²) in [5.74, 6) is -0.182. The number of hydrogen-bond acceptors (Lipinski definition) is 3. The summed E-state index contributed by atoms with van der Waals surface area (Å²) < 4.78 is 39.1. The van der Waals surface area contributed by atoms with E-state index in [1.165, 1.54) is 12.1 Å². The summed E-state index contributed by atoms with van der Waals surface area (Å²) >= 11 is 6.49. The monoisotopic (exact) mass is 501 g/mol. The lowest BCUT2D eigenvalue weighted by Gasteiger charge is -2.20. The predicted octanol–water partition coefficient (Wildman–Crippen LogP) is 6.70. The molecular formula is C27H25ClF3N2O2+. The van der Waals surface area contributed by atoms with Crippen LogP contribution in [0.25, 0.3) is 5.57 Å². The summed E-state index contributed by atoms with van der Waals surface area (Å²) in [5.41, 5.74) is 2.17. The molecule has 0 aromatic heterocycles. The zero-order valence-corrected chi connectivity index (χ0v) is 20.1. The number of aryl methyl sites for hydroxylation is 1. The number of nitrogens with one attached hydrogen (secondary N) is 2. The first-order valence-corrected chi connectivity index (χ1v) is 11.4. The lowest BCUT2D eigenvalue weighted by atomic mass is 9.88. The van der Waals surface area contributed by atoms with E-state index in [0.29, 0.717) is 39.6 Å². The van der Waals surface area contributed by atoms with Gasteiger partial charge >= 0.3 is 12.1 Å². The van der Waals surface area contributed by atoms with Crippen molar-refractivity contribution in [1.29, 1.82) is 5.41 Å². The molecule has 2 aromatic rings. The number of rotatable bonds is 7. The second kappa shape index (κ2) is 10.5. The van der Waals surface area contributed by atoms with Crippen LogP contribution in [0, 0.1) is 11.3 Å². The zero-order valence-electron chi connectivity index (χ0n) is 19.4. The highest BCUT2D eigenvalue weighted by Crippen LogP contribution is 2.39. The molecule has 2 aromatic carbocycles. The van der Waals surface area contributed by atoms with Gasteiger partial charge in [-0.15, -0.1) is 0 Å². The Labute approximate surface area is 207 Å². The Morgan fingerprint density at radius 3 is 2.46 bits per heavy atom. The van der Waals surface area contributed by atoms with Crippen molar-refractivity contribution >= 4 is 34.6 Å². The summed E-state index contributed by atoms with van der Waals surface area (Å²) in [5, 5.41) is 11.2. The van der Waals surface area contributed by atoms with Crippen LogP contribution >= 0.6 is 11.6 Å². The van der Waals surface area contributed by atoms with Crippen molar-refractivity contribution in [1.82, 2.24) is 5.32 Å². The van der Waals surface area contributed by atoms with Crippen LogP contribution in [0.4, 0.5) is 13.2 Å². The van der Waals surface area contributed by atoms with Gasteiger partial charge in [-0.25, -0.2) is 4.79 Å². The Morgan fingerprint density at radius 2 is 1.86 bits per heavy atom. The maximum absolute atomic E-state index is 13.0. The number of halogens is 4. The first-order valence-electron chi connectivity index (χ1n) is 11.0. The first kappa shape index (κ1) is 26.3. The summed E-state index contributed by atoms with van der Waals surface area (Å²) in [6.45, 7) is 7.47. The third-order valence-electron chi connectivity index (χ3n) is 5.90. The van der Waals surface area contributed by atoms with Crippen LogP contribution in [-0.4, -0.2) is 17.4 Å². The average Bonchev–Trinajstić information content (AvgIpc) is 2.93. The summed E-state index contributed by atoms with van der Waals surface area (Å²) in [6.07, 6.45) is -1.87. The van der Waals surface area contributed by atoms with Gasteiger partial charge in [0, 0.05) is 18.4 Å². The highest BCUT2D eigenvalue weighted by Gasteiger charge is 2.36. The van der Waals surface area contributed by atoms with E-state index < -0.39 is 17.8 Å². The maximum atomic E-state index is 13.0. The largest absolute Gasteiger partial charge is 0.416 e. The zero-order chi connectivity index (χ0) is 25.9. The van der Waals surface area contributed by atoms with Crippen molar-refractivity contribution in [3.8, 4) is 0 Å². The highest BCUT2D eigenvalue weighted by atomic mass is 35.5. The topological polar surface area (TPSA) is 70.0 Å². The summed E-state index contributed by atoms with van der Waals surface area (Å²) in [4.78, 5) is 24.5. The van der Waals surface area contributed by atoms with E-state index >= 15 is 0 Å². The van der Waals surface area contributed by atoms with Crippen LogP contribution in [0.1, 0.15) is 55.0 Å². The second-order valence-electron chi connectivity index (χ2n) is 8.36. The molecular weight excluding hydrogens is 477 g/mol. The molecule has 4 nitrogen and oxygen atoms in total. The molecule has 2 N–H and O–H groups in total. The van der Waals surface area contributed by atoms with E-state index in [-0.39, 0.29) is 30.2 Å². The lowest BCUT2D eigenvalue weighted by Crippen LogP contribution is -2.30. The molecule has 1 aliphatic rings. The molecule has 1 amide bonds. The number of carbonyl (C=O) groups is 2. The van der Waals surface area contributed by atoms with Crippen LogP contribution in [0.2, 0.25) is 5.02 Å². The van der Waals surface area contributed by atoms with E-state index in [0.717, 1.165) is 17.7 Å². The molecule has 0 saturated carbocycles.